The summed E-state index contributed by atoms with van der Waals surface area (Å²) in [6.07, 6.45) is 7.68. The van der Waals surface area contributed by atoms with Crippen molar-refractivity contribution in [3.63, 3.8) is 0 Å². The molecule has 1 saturated heterocycles. The maximum Gasteiger partial charge on any atom is 0.0908 e. The largest absolute Gasteiger partial charge is 0.388 e. The molecule has 2 aliphatic rings. The predicted octanol–water partition coefficient (Wildman–Crippen LogP) is 1.58. The standard InChI is InChI=1S/C11H21N3/c12-11(13)7-9-5-6-14(8-9)10-3-1-2-4-10/h9-10H,1-8H2,(H3,12,13). The summed E-state index contributed by atoms with van der Waals surface area (Å²) in [7, 11) is 0. The van der Waals surface area contributed by atoms with Crippen molar-refractivity contribution in [1.82, 2.24) is 4.90 Å². The number of nitrogens with zero attached hydrogens (tertiary/aromatic N) is 1. The van der Waals surface area contributed by atoms with Crippen molar-refractivity contribution < 1.29 is 0 Å². The van der Waals surface area contributed by atoms with E-state index in [2.05, 4.69) is 4.90 Å². The van der Waals surface area contributed by atoms with E-state index in [1.165, 1.54) is 45.2 Å². The van der Waals surface area contributed by atoms with Crippen molar-refractivity contribution in [2.24, 2.45) is 11.7 Å². The summed E-state index contributed by atoms with van der Waals surface area (Å²) in [5.74, 6) is 1.02. The van der Waals surface area contributed by atoms with Crippen molar-refractivity contribution in [2.45, 2.75) is 44.6 Å². The molecule has 0 aromatic rings. The third-order valence-corrected chi connectivity index (χ3v) is 3.67. The van der Waals surface area contributed by atoms with Crippen LogP contribution < -0.4 is 5.73 Å². The lowest BCUT2D eigenvalue weighted by Gasteiger charge is -2.23. The van der Waals surface area contributed by atoms with Gasteiger partial charge in [0.2, 0.25) is 0 Å². The SMILES string of the molecule is N=C(N)CC1CCN(C2CCCC2)C1. The van der Waals surface area contributed by atoms with Crippen LogP contribution in [0.3, 0.4) is 0 Å². The summed E-state index contributed by atoms with van der Waals surface area (Å²) < 4.78 is 0. The van der Waals surface area contributed by atoms with Gasteiger partial charge in [-0.05, 0) is 31.7 Å². The molecule has 0 aromatic carbocycles. The molecular formula is C11H21N3. The molecule has 1 saturated carbocycles. The zero-order chi connectivity index (χ0) is 9.97. The minimum Gasteiger partial charge on any atom is -0.388 e. The molecule has 0 amide bonds. The Kier molecular flexibility index (Phi) is 3.06. The molecule has 3 nitrogen and oxygen atoms in total. The van der Waals surface area contributed by atoms with Gasteiger partial charge in [-0.3, -0.25) is 5.41 Å². The van der Waals surface area contributed by atoms with Gasteiger partial charge in [-0.1, -0.05) is 12.8 Å². The highest BCUT2D eigenvalue weighted by Crippen LogP contribution is 2.29. The third kappa shape index (κ3) is 2.27. The molecule has 2 fully saturated rings. The van der Waals surface area contributed by atoms with Crippen LogP contribution in [0.5, 0.6) is 0 Å². The molecule has 14 heavy (non-hydrogen) atoms. The molecule has 1 atom stereocenters. The smallest absolute Gasteiger partial charge is 0.0908 e. The molecular weight excluding hydrogens is 174 g/mol. The molecule has 1 aliphatic carbocycles. The Bertz CT molecular complexity index is 209. The molecule has 1 unspecified atom stereocenters. The Hall–Kier alpha value is -0.570. The van der Waals surface area contributed by atoms with E-state index in [9.17, 15) is 0 Å². The van der Waals surface area contributed by atoms with E-state index in [0.29, 0.717) is 11.8 Å². The summed E-state index contributed by atoms with van der Waals surface area (Å²) in [6, 6.07) is 0.854. The highest BCUT2D eigenvalue weighted by atomic mass is 15.2. The van der Waals surface area contributed by atoms with E-state index in [1.54, 1.807) is 0 Å². The fraction of sp³-hybridized carbons (Fsp3) is 0.909. The van der Waals surface area contributed by atoms with Gasteiger partial charge in [0, 0.05) is 19.0 Å². The Labute approximate surface area is 86.2 Å². The van der Waals surface area contributed by atoms with Crippen molar-refractivity contribution >= 4 is 5.84 Å². The molecule has 0 bridgehead atoms. The van der Waals surface area contributed by atoms with Crippen molar-refractivity contribution in [3.05, 3.63) is 0 Å². The first-order valence-corrected chi connectivity index (χ1v) is 5.82. The highest BCUT2D eigenvalue weighted by Gasteiger charge is 2.29. The quantitative estimate of drug-likeness (QED) is 0.530. The number of rotatable bonds is 3. The lowest BCUT2D eigenvalue weighted by molar-refractivity contribution is 0.238. The van der Waals surface area contributed by atoms with Crippen LogP contribution in [0, 0.1) is 11.3 Å². The van der Waals surface area contributed by atoms with Crippen LogP contribution in [0.4, 0.5) is 0 Å². The highest BCUT2D eigenvalue weighted by molar-refractivity contribution is 5.77. The second-order valence-corrected chi connectivity index (χ2v) is 4.82. The van der Waals surface area contributed by atoms with E-state index in [4.69, 9.17) is 11.1 Å². The first-order chi connectivity index (χ1) is 6.75. The fourth-order valence-corrected chi connectivity index (χ4v) is 2.94. The van der Waals surface area contributed by atoms with Crippen LogP contribution in [0.15, 0.2) is 0 Å². The van der Waals surface area contributed by atoms with Gasteiger partial charge in [0.15, 0.2) is 0 Å². The van der Waals surface area contributed by atoms with Gasteiger partial charge in [0.1, 0.15) is 0 Å². The minimum absolute atomic E-state index is 0.364. The van der Waals surface area contributed by atoms with E-state index in [-0.39, 0.29) is 0 Å². The van der Waals surface area contributed by atoms with Crippen LogP contribution >= 0.6 is 0 Å². The molecule has 80 valence electrons. The molecule has 3 heteroatoms. The van der Waals surface area contributed by atoms with E-state index in [0.717, 1.165) is 12.5 Å². The number of hydrogen-bond donors (Lipinski definition) is 2. The molecule has 1 aliphatic heterocycles. The maximum absolute atomic E-state index is 7.29. The average molecular weight is 195 g/mol. The van der Waals surface area contributed by atoms with Crippen molar-refractivity contribution in [2.75, 3.05) is 13.1 Å². The number of amidine groups is 1. The summed E-state index contributed by atoms with van der Waals surface area (Å²) in [5, 5.41) is 7.29. The van der Waals surface area contributed by atoms with Crippen LogP contribution in [0.2, 0.25) is 0 Å². The number of hydrogen-bond acceptors (Lipinski definition) is 2. The Morgan fingerprint density at radius 1 is 1.29 bits per heavy atom. The summed E-state index contributed by atoms with van der Waals surface area (Å²) in [6.45, 7) is 2.42. The van der Waals surface area contributed by atoms with Gasteiger partial charge < -0.3 is 10.6 Å². The fourth-order valence-electron chi connectivity index (χ4n) is 2.94. The summed E-state index contributed by atoms with van der Waals surface area (Å²) in [5.41, 5.74) is 5.44. The molecule has 2 rings (SSSR count). The summed E-state index contributed by atoms with van der Waals surface area (Å²) >= 11 is 0. The van der Waals surface area contributed by atoms with Crippen molar-refractivity contribution in [3.8, 4) is 0 Å². The molecule has 1 heterocycles. The molecule has 0 spiro atoms. The normalized spacial score (nSPS) is 29.9. The Balaban J connectivity index is 1.78. The van der Waals surface area contributed by atoms with E-state index >= 15 is 0 Å². The van der Waals surface area contributed by atoms with Gasteiger partial charge in [0.05, 0.1) is 5.84 Å². The molecule has 0 radical (unpaired) electrons. The lowest BCUT2D eigenvalue weighted by Crippen LogP contribution is -2.31. The zero-order valence-corrected chi connectivity index (χ0v) is 8.84. The summed E-state index contributed by atoms with van der Waals surface area (Å²) in [4.78, 5) is 2.63. The number of nitrogens with two attached hydrogens (primary N) is 1. The third-order valence-electron chi connectivity index (χ3n) is 3.67. The lowest BCUT2D eigenvalue weighted by atomic mass is 10.0. The second-order valence-electron chi connectivity index (χ2n) is 4.82. The predicted molar refractivity (Wildman–Crippen MR) is 58.5 cm³/mol. The zero-order valence-electron chi connectivity index (χ0n) is 8.84. The van der Waals surface area contributed by atoms with Crippen LogP contribution in [0.1, 0.15) is 38.5 Å². The van der Waals surface area contributed by atoms with Gasteiger partial charge in [-0.15, -0.1) is 0 Å². The molecule has 0 aromatic heterocycles. The van der Waals surface area contributed by atoms with Gasteiger partial charge in [-0.2, -0.15) is 0 Å². The van der Waals surface area contributed by atoms with Crippen molar-refractivity contribution in [1.29, 1.82) is 5.41 Å². The van der Waals surface area contributed by atoms with Gasteiger partial charge >= 0.3 is 0 Å². The molecule has 3 N–H and O–H groups in total. The van der Waals surface area contributed by atoms with Crippen LogP contribution in [-0.4, -0.2) is 29.9 Å². The average Bonchev–Trinajstić information content (AvgIpc) is 2.69. The first kappa shape index (κ1) is 9.97. The number of nitrogens with one attached hydrogen (secondary N) is 1. The number of likely N-dealkylation sites (tertiary alicyclic amines) is 1. The van der Waals surface area contributed by atoms with Gasteiger partial charge in [0.25, 0.3) is 0 Å². The maximum atomic E-state index is 7.29. The Morgan fingerprint density at radius 2 is 2.00 bits per heavy atom. The van der Waals surface area contributed by atoms with Crippen LogP contribution in [-0.2, 0) is 0 Å². The topological polar surface area (TPSA) is 53.1 Å². The minimum atomic E-state index is 0.364. The van der Waals surface area contributed by atoms with E-state index < -0.39 is 0 Å². The Morgan fingerprint density at radius 3 is 2.64 bits per heavy atom. The monoisotopic (exact) mass is 195 g/mol. The van der Waals surface area contributed by atoms with Gasteiger partial charge in [-0.25, -0.2) is 0 Å². The van der Waals surface area contributed by atoms with E-state index in [1.807, 2.05) is 0 Å². The first-order valence-electron chi connectivity index (χ1n) is 5.82. The second kappa shape index (κ2) is 4.30. The van der Waals surface area contributed by atoms with Crippen LogP contribution in [0.25, 0.3) is 0 Å².